The Morgan fingerprint density at radius 2 is 2.00 bits per heavy atom. The number of nitrogens with zero attached hydrogens (tertiary/aromatic N) is 3. The van der Waals surface area contributed by atoms with E-state index in [9.17, 15) is 0 Å². The third-order valence-electron chi connectivity index (χ3n) is 3.50. The van der Waals surface area contributed by atoms with Crippen molar-refractivity contribution in [1.29, 1.82) is 0 Å². The molecule has 126 valence electrons. The van der Waals surface area contributed by atoms with Gasteiger partial charge in [-0.15, -0.1) is 10.2 Å². The Kier molecular flexibility index (Phi) is 5.63. The second kappa shape index (κ2) is 8.10. The molecule has 0 atom stereocenters. The van der Waals surface area contributed by atoms with Gasteiger partial charge in [0.05, 0.1) is 36.5 Å². The van der Waals surface area contributed by atoms with Crippen molar-refractivity contribution < 1.29 is 13.6 Å². The van der Waals surface area contributed by atoms with Gasteiger partial charge in [0.15, 0.2) is 0 Å². The number of methoxy groups -OCH3 is 1. The van der Waals surface area contributed by atoms with Crippen molar-refractivity contribution in [2.24, 2.45) is 0 Å². The molecule has 0 fully saturated rings. The number of furan rings is 1. The molecule has 3 aromatic rings. The van der Waals surface area contributed by atoms with Crippen molar-refractivity contribution in [3.8, 4) is 11.5 Å². The maximum atomic E-state index is 6.17. The first-order chi connectivity index (χ1) is 11.8. The minimum Gasteiger partial charge on any atom is -0.468 e. The Hall–Kier alpha value is -2.15. The molecular weight excluding hydrogens is 330 g/mol. The SMILES string of the molecule is COCCN(Cc1ccco1)Cc1nnc(-c2ccccc2Cl)o1. The molecule has 0 radical (unpaired) electrons. The highest BCUT2D eigenvalue weighted by molar-refractivity contribution is 6.33. The smallest absolute Gasteiger partial charge is 0.249 e. The van der Waals surface area contributed by atoms with Crippen molar-refractivity contribution in [2.45, 2.75) is 13.1 Å². The van der Waals surface area contributed by atoms with Crippen LogP contribution in [0, 0.1) is 0 Å². The normalized spacial score (nSPS) is 11.3. The molecule has 2 heterocycles. The van der Waals surface area contributed by atoms with Gasteiger partial charge in [-0.05, 0) is 24.3 Å². The molecule has 0 aliphatic carbocycles. The van der Waals surface area contributed by atoms with Gasteiger partial charge in [-0.25, -0.2) is 0 Å². The van der Waals surface area contributed by atoms with Crippen molar-refractivity contribution in [1.82, 2.24) is 15.1 Å². The fraction of sp³-hybridized carbons (Fsp3) is 0.294. The molecule has 0 bridgehead atoms. The summed E-state index contributed by atoms with van der Waals surface area (Å²) in [6.07, 6.45) is 1.66. The number of aromatic nitrogens is 2. The van der Waals surface area contributed by atoms with Gasteiger partial charge in [-0.3, -0.25) is 4.90 Å². The van der Waals surface area contributed by atoms with E-state index in [-0.39, 0.29) is 0 Å². The van der Waals surface area contributed by atoms with Crippen molar-refractivity contribution in [2.75, 3.05) is 20.3 Å². The zero-order chi connectivity index (χ0) is 16.8. The number of hydrogen-bond donors (Lipinski definition) is 0. The van der Waals surface area contributed by atoms with E-state index in [0.29, 0.717) is 36.5 Å². The van der Waals surface area contributed by atoms with Gasteiger partial charge in [-0.1, -0.05) is 23.7 Å². The van der Waals surface area contributed by atoms with Crippen LogP contribution >= 0.6 is 11.6 Å². The van der Waals surface area contributed by atoms with Crippen molar-refractivity contribution in [3.63, 3.8) is 0 Å². The Balaban J connectivity index is 1.71. The highest BCUT2D eigenvalue weighted by Crippen LogP contribution is 2.26. The van der Waals surface area contributed by atoms with E-state index in [2.05, 4.69) is 15.1 Å². The molecular formula is C17H18ClN3O3. The van der Waals surface area contributed by atoms with E-state index < -0.39 is 0 Å². The molecule has 0 spiro atoms. The van der Waals surface area contributed by atoms with Gasteiger partial charge < -0.3 is 13.6 Å². The second-order valence-electron chi connectivity index (χ2n) is 5.26. The van der Waals surface area contributed by atoms with Crippen molar-refractivity contribution in [3.05, 3.63) is 59.3 Å². The average molecular weight is 348 g/mol. The molecule has 6 nitrogen and oxygen atoms in total. The quantitative estimate of drug-likeness (QED) is 0.620. The number of hydrogen-bond acceptors (Lipinski definition) is 6. The van der Waals surface area contributed by atoms with Gasteiger partial charge >= 0.3 is 0 Å². The third-order valence-corrected chi connectivity index (χ3v) is 3.83. The summed E-state index contributed by atoms with van der Waals surface area (Å²) in [5.74, 6) is 1.81. The van der Waals surface area contributed by atoms with E-state index >= 15 is 0 Å². The summed E-state index contributed by atoms with van der Waals surface area (Å²) in [6.45, 7) is 2.47. The Bertz CT molecular complexity index is 758. The summed E-state index contributed by atoms with van der Waals surface area (Å²) in [4.78, 5) is 2.12. The monoisotopic (exact) mass is 347 g/mol. The Morgan fingerprint density at radius 1 is 1.12 bits per heavy atom. The summed E-state index contributed by atoms with van der Waals surface area (Å²) in [5.41, 5.74) is 0.729. The van der Waals surface area contributed by atoms with Crippen molar-refractivity contribution >= 4 is 11.6 Å². The Labute approximate surface area is 145 Å². The molecule has 0 saturated carbocycles. The largest absolute Gasteiger partial charge is 0.468 e. The van der Waals surface area contributed by atoms with E-state index in [1.165, 1.54) is 0 Å². The van der Waals surface area contributed by atoms with Gasteiger partial charge in [-0.2, -0.15) is 0 Å². The molecule has 0 unspecified atom stereocenters. The first-order valence-electron chi connectivity index (χ1n) is 7.57. The van der Waals surface area contributed by atoms with Crippen LogP contribution in [0.4, 0.5) is 0 Å². The zero-order valence-electron chi connectivity index (χ0n) is 13.3. The molecule has 0 aliphatic heterocycles. The van der Waals surface area contributed by atoms with Crippen LogP contribution < -0.4 is 0 Å². The van der Waals surface area contributed by atoms with E-state index in [4.69, 9.17) is 25.2 Å². The topological polar surface area (TPSA) is 64.5 Å². The first-order valence-corrected chi connectivity index (χ1v) is 7.95. The maximum absolute atomic E-state index is 6.17. The van der Waals surface area contributed by atoms with Gasteiger partial charge in [0, 0.05) is 13.7 Å². The minimum atomic E-state index is 0.417. The standard InChI is InChI=1S/C17H18ClN3O3/c1-22-10-8-21(11-13-5-4-9-23-13)12-16-19-20-17(24-16)14-6-2-3-7-15(14)18/h2-7,9H,8,10-12H2,1H3. The summed E-state index contributed by atoms with van der Waals surface area (Å²) in [6, 6.07) is 11.2. The molecule has 0 aliphatic rings. The van der Waals surface area contributed by atoms with E-state index in [1.807, 2.05) is 30.3 Å². The predicted molar refractivity (Wildman–Crippen MR) is 89.4 cm³/mol. The predicted octanol–water partition coefficient (Wildman–Crippen LogP) is 3.63. The zero-order valence-corrected chi connectivity index (χ0v) is 14.1. The molecule has 0 saturated heterocycles. The summed E-state index contributed by atoms with van der Waals surface area (Å²) >= 11 is 6.17. The first kappa shape index (κ1) is 16.7. The van der Waals surface area contributed by atoms with Gasteiger partial charge in [0.1, 0.15) is 5.76 Å². The summed E-state index contributed by atoms with van der Waals surface area (Å²) < 4.78 is 16.3. The third kappa shape index (κ3) is 4.23. The molecule has 3 rings (SSSR count). The lowest BCUT2D eigenvalue weighted by atomic mass is 10.2. The maximum Gasteiger partial charge on any atom is 0.249 e. The lowest BCUT2D eigenvalue weighted by Crippen LogP contribution is -2.26. The fourth-order valence-electron chi connectivity index (χ4n) is 2.31. The van der Waals surface area contributed by atoms with Crippen LogP contribution in [0.25, 0.3) is 11.5 Å². The molecule has 7 heteroatoms. The van der Waals surface area contributed by atoms with Crippen LogP contribution in [-0.4, -0.2) is 35.4 Å². The number of ether oxygens (including phenoxy) is 1. The van der Waals surface area contributed by atoms with Gasteiger partial charge in [0.2, 0.25) is 11.8 Å². The summed E-state index contributed by atoms with van der Waals surface area (Å²) in [5, 5.41) is 8.80. The fourth-order valence-corrected chi connectivity index (χ4v) is 2.53. The van der Waals surface area contributed by atoms with Crippen LogP contribution in [0.2, 0.25) is 5.02 Å². The molecule has 0 amide bonds. The van der Waals surface area contributed by atoms with Crippen LogP contribution in [0.5, 0.6) is 0 Å². The minimum absolute atomic E-state index is 0.417. The van der Waals surface area contributed by atoms with Gasteiger partial charge in [0.25, 0.3) is 0 Å². The van der Waals surface area contributed by atoms with Crippen LogP contribution in [0.3, 0.4) is 0 Å². The molecule has 1 aromatic carbocycles. The number of halogens is 1. The highest BCUT2D eigenvalue weighted by Gasteiger charge is 2.15. The number of benzene rings is 1. The van der Waals surface area contributed by atoms with Crippen LogP contribution in [0.15, 0.2) is 51.5 Å². The number of rotatable bonds is 8. The second-order valence-corrected chi connectivity index (χ2v) is 5.67. The molecule has 2 aromatic heterocycles. The van der Waals surface area contributed by atoms with Crippen LogP contribution in [-0.2, 0) is 17.8 Å². The Morgan fingerprint density at radius 3 is 2.75 bits per heavy atom. The molecule has 24 heavy (non-hydrogen) atoms. The van der Waals surface area contributed by atoms with Crippen LogP contribution in [0.1, 0.15) is 11.7 Å². The lowest BCUT2D eigenvalue weighted by Gasteiger charge is -2.18. The van der Waals surface area contributed by atoms with E-state index in [0.717, 1.165) is 17.9 Å². The highest BCUT2D eigenvalue weighted by atomic mass is 35.5. The lowest BCUT2D eigenvalue weighted by molar-refractivity contribution is 0.128. The average Bonchev–Trinajstić information content (AvgIpc) is 3.25. The van der Waals surface area contributed by atoms with E-state index in [1.54, 1.807) is 19.4 Å². The molecule has 0 N–H and O–H groups in total. The summed E-state index contributed by atoms with van der Waals surface area (Å²) in [7, 11) is 1.67.